The molecule has 9 heteroatoms. The maximum absolute atomic E-state index is 12.0. The van der Waals surface area contributed by atoms with Crippen LogP contribution in [0.15, 0.2) is 12.3 Å². The van der Waals surface area contributed by atoms with Crippen LogP contribution in [0.5, 0.6) is 0 Å². The molecule has 1 aromatic rings. The molecule has 1 aromatic heterocycles. The highest BCUT2D eigenvalue weighted by Gasteiger charge is 2.25. The highest BCUT2D eigenvalue weighted by molar-refractivity contribution is 6.30. The van der Waals surface area contributed by atoms with Crippen molar-refractivity contribution in [3.63, 3.8) is 0 Å². The fourth-order valence-corrected chi connectivity index (χ4v) is 2.30. The maximum atomic E-state index is 12.0. The van der Waals surface area contributed by atoms with Crippen LogP contribution in [0.1, 0.15) is 17.4 Å². The molecule has 1 aliphatic rings. The van der Waals surface area contributed by atoms with Gasteiger partial charge in [0.2, 0.25) is 0 Å². The number of hydrogen-bond acceptors (Lipinski definition) is 5. The Morgan fingerprint density at radius 1 is 1.17 bits per heavy atom. The van der Waals surface area contributed by atoms with Crippen LogP contribution in [0.25, 0.3) is 0 Å². The van der Waals surface area contributed by atoms with Crippen LogP contribution in [0.4, 0.5) is 4.79 Å². The van der Waals surface area contributed by atoms with E-state index >= 15 is 0 Å². The Kier molecular flexibility index (Phi) is 5.86. The van der Waals surface area contributed by atoms with Gasteiger partial charge in [0.1, 0.15) is 5.69 Å². The normalized spacial score (nSPS) is 14.5. The van der Waals surface area contributed by atoms with E-state index in [4.69, 9.17) is 21.1 Å². The summed E-state index contributed by atoms with van der Waals surface area (Å²) in [5, 5.41) is 0.387. The number of H-pyrrole nitrogens is 1. The number of piperazine rings is 1. The number of nitrogens with one attached hydrogen (secondary N) is 1. The first-order valence-corrected chi connectivity index (χ1v) is 7.59. The van der Waals surface area contributed by atoms with Crippen molar-refractivity contribution in [1.29, 1.82) is 0 Å². The number of nitrogens with zero attached hydrogens (tertiary/aromatic N) is 2. The topological polar surface area (TPSA) is 91.9 Å². The number of ether oxygens (including phenoxy) is 2. The van der Waals surface area contributed by atoms with Gasteiger partial charge in [0.05, 0.1) is 11.6 Å². The molecule has 2 heterocycles. The van der Waals surface area contributed by atoms with Crippen LogP contribution in [0.2, 0.25) is 5.02 Å². The number of aromatic nitrogens is 1. The van der Waals surface area contributed by atoms with Gasteiger partial charge < -0.3 is 24.3 Å². The molecular formula is C14H18ClN3O5. The van der Waals surface area contributed by atoms with E-state index in [9.17, 15) is 14.4 Å². The fourth-order valence-electron chi connectivity index (χ4n) is 2.14. The van der Waals surface area contributed by atoms with E-state index in [-0.39, 0.29) is 24.3 Å². The van der Waals surface area contributed by atoms with Crippen molar-refractivity contribution in [2.24, 2.45) is 0 Å². The number of carbonyl (C=O) groups is 3. The van der Waals surface area contributed by atoms with Crippen LogP contribution >= 0.6 is 11.6 Å². The zero-order chi connectivity index (χ0) is 16.8. The smallest absolute Gasteiger partial charge is 0.409 e. The van der Waals surface area contributed by atoms with Crippen LogP contribution in [-0.2, 0) is 14.3 Å². The van der Waals surface area contributed by atoms with E-state index in [0.717, 1.165) is 0 Å². The summed E-state index contributed by atoms with van der Waals surface area (Å²) in [5.41, 5.74) is 0.190. The number of rotatable bonds is 4. The predicted octanol–water partition coefficient (Wildman–Crippen LogP) is 1.13. The summed E-state index contributed by atoms with van der Waals surface area (Å²) in [5.74, 6) is -0.949. The Morgan fingerprint density at radius 3 is 2.39 bits per heavy atom. The van der Waals surface area contributed by atoms with Gasteiger partial charge in [-0.25, -0.2) is 9.59 Å². The summed E-state index contributed by atoms with van der Waals surface area (Å²) < 4.78 is 9.85. The van der Waals surface area contributed by atoms with Crippen molar-refractivity contribution in [3.8, 4) is 0 Å². The molecule has 1 N–H and O–H groups in total. The molecule has 0 aliphatic carbocycles. The summed E-state index contributed by atoms with van der Waals surface area (Å²) in [6, 6.07) is 1.42. The molecule has 2 rings (SSSR count). The summed E-state index contributed by atoms with van der Waals surface area (Å²) in [6.45, 7) is 3.25. The van der Waals surface area contributed by atoms with Crippen molar-refractivity contribution in [2.45, 2.75) is 6.92 Å². The lowest BCUT2D eigenvalue weighted by Crippen LogP contribution is -2.51. The van der Waals surface area contributed by atoms with Gasteiger partial charge in [0.15, 0.2) is 6.61 Å². The Labute approximate surface area is 138 Å². The Balaban J connectivity index is 1.75. The number of aromatic amines is 1. The van der Waals surface area contributed by atoms with E-state index in [2.05, 4.69) is 4.98 Å². The van der Waals surface area contributed by atoms with E-state index < -0.39 is 5.97 Å². The van der Waals surface area contributed by atoms with Gasteiger partial charge in [-0.2, -0.15) is 0 Å². The molecule has 0 spiro atoms. The molecule has 0 unspecified atom stereocenters. The van der Waals surface area contributed by atoms with Gasteiger partial charge in [-0.1, -0.05) is 11.6 Å². The molecule has 1 saturated heterocycles. The number of esters is 1. The molecule has 1 fully saturated rings. The van der Waals surface area contributed by atoms with Crippen molar-refractivity contribution < 1.29 is 23.9 Å². The van der Waals surface area contributed by atoms with Gasteiger partial charge >= 0.3 is 12.1 Å². The van der Waals surface area contributed by atoms with E-state index in [1.165, 1.54) is 12.3 Å². The fraction of sp³-hybridized carbons (Fsp3) is 0.500. The molecule has 126 valence electrons. The van der Waals surface area contributed by atoms with Crippen LogP contribution < -0.4 is 0 Å². The highest BCUT2D eigenvalue weighted by Crippen LogP contribution is 2.10. The third kappa shape index (κ3) is 4.62. The first-order chi connectivity index (χ1) is 11.0. The molecule has 23 heavy (non-hydrogen) atoms. The van der Waals surface area contributed by atoms with Crippen LogP contribution in [0.3, 0.4) is 0 Å². The molecule has 0 atom stereocenters. The number of hydrogen-bond donors (Lipinski definition) is 1. The lowest BCUT2D eigenvalue weighted by molar-refractivity contribution is -0.136. The van der Waals surface area contributed by atoms with Crippen molar-refractivity contribution in [3.05, 3.63) is 23.0 Å². The zero-order valence-corrected chi connectivity index (χ0v) is 13.5. The molecule has 8 nitrogen and oxygen atoms in total. The largest absolute Gasteiger partial charge is 0.451 e. The summed E-state index contributed by atoms with van der Waals surface area (Å²) >= 11 is 5.69. The van der Waals surface area contributed by atoms with Gasteiger partial charge in [-0.05, 0) is 13.0 Å². The minimum atomic E-state index is -0.643. The first kappa shape index (κ1) is 17.1. The molecular weight excluding hydrogens is 326 g/mol. The Bertz CT molecular complexity index is 581. The second kappa shape index (κ2) is 7.87. The molecule has 0 radical (unpaired) electrons. The van der Waals surface area contributed by atoms with Gasteiger partial charge in [-0.15, -0.1) is 0 Å². The van der Waals surface area contributed by atoms with E-state index in [0.29, 0.717) is 37.8 Å². The molecule has 0 saturated carbocycles. The summed E-state index contributed by atoms with van der Waals surface area (Å²) in [4.78, 5) is 41.0. The molecule has 0 bridgehead atoms. The lowest BCUT2D eigenvalue weighted by atomic mass is 10.3. The molecule has 1 aliphatic heterocycles. The number of halogens is 1. The predicted molar refractivity (Wildman–Crippen MR) is 81.3 cm³/mol. The minimum Gasteiger partial charge on any atom is -0.451 e. The van der Waals surface area contributed by atoms with E-state index in [1.54, 1.807) is 16.7 Å². The van der Waals surface area contributed by atoms with Crippen molar-refractivity contribution in [2.75, 3.05) is 39.4 Å². The van der Waals surface area contributed by atoms with Crippen LogP contribution in [0, 0.1) is 0 Å². The standard InChI is InChI=1S/C14H18ClN3O5/c1-2-22-14(21)18-5-3-17(4-6-18)12(19)9-23-13(20)11-7-10(15)8-16-11/h7-8,16H,2-6,9H2,1H3. The second-order valence-corrected chi connectivity index (χ2v) is 5.31. The van der Waals surface area contributed by atoms with Gasteiger partial charge in [-0.3, -0.25) is 4.79 Å². The summed E-state index contributed by atoms with van der Waals surface area (Å²) in [6.07, 6.45) is 1.07. The SMILES string of the molecule is CCOC(=O)N1CCN(C(=O)COC(=O)c2cc(Cl)c[nH]2)CC1. The van der Waals surface area contributed by atoms with Gasteiger partial charge in [0.25, 0.3) is 5.91 Å². The lowest BCUT2D eigenvalue weighted by Gasteiger charge is -2.33. The summed E-state index contributed by atoms with van der Waals surface area (Å²) in [7, 11) is 0. The third-order valence-corrected chi connectivity index (χ3v) is 3.57. The second-order valence-electron chi connectivity index (χ2n) is 4.87. The minimum absolute atomic E-state index is 0.190. The van der Waals surface area contributed by atoms with Crippen molar-refractivity contribution in [1.82, 2.24) is 14.8 Å². The maximum Gasteiger partial charge on any atom is 0.409 e. The molecule has 0 aromatic carbocycles. The van der Waals surface area contributed by atoms with Crippen molar-refractivity contribution >= 4 is 29.6 Å². The zero-order valence-electron chi connectivity index (χ0n) is 12.7. The number of amides is 2. The van der Waals surface area contributed by atoms with Gasteiger partial charge in [0, 0.05) is 32.4 Å². The average Bonchev–Trinajstić information content (AvgIpc) is 2.99. The Morgan fingerprint density at radius 2 is 1.83 bits per heavy atom. The quantitative estimate of drug-likeness (QED) is 0.827. The third-order valence-electron chi connectivity index (χ3n) is 3.35. The van der Waals surface area contributed by atoms with E-state index in [1.807, 2.05) is 0 Å². The average molecular weight is 344 g/mol. The Hall–Kier alpha value is -2.22. The first-order valence-electron chi connectivity index (χ1n) is 7.21. The van der Waals surface area contributed by atoms with Crippen LogP contribution in [-0.4, -0.2) is 72.1 Å². The monoisotopic (exact) mass is 343 g/mol. The molecule has 2 amide bonds. The highest BCUT2D eigenvalue weighted by atomic mass is 35.5. The number of carbonyl (C=O) groups excluding carboxylic acids is 3.